The fourth-order valence-electron chi connectivity index (χ4n) is 3.01. The van der Waals surface area contributed by atoms with Crippen molar-refractivity contribution >= 4 is 11.9 Å². The lowest BCUT2D eigenvalue weighted by molar-refractivity contribution is 0.0827. The third kappa shape index (κ3) is 8.32. The topological polar surface area (TPSA) is 66.0 Å². The SMILES string of the molecule is CCNC(=NCc1ccccc1OC(C)(C)C)NCCc1cccc(C(=O)N(C)C)c1. The van der Waals surface area contributed by atoms with Crippen LogP contribution < -0.4 is 15.4 Å². The molecule has 1 amide bonds. The molecular formula is C25H36N4O2. The molecule has 168 valence electrons. The summed E-state index contributed by atoms with van der Waals surface area (Å²) >= 11 is 0. The lowest BCUT2D eigenvalue weighted by atomic mass is 10.1. The van der Waals surface area contributed by atoms with Gasteiger partial charge in [0.25, 0.3) is 5.91 Å². The Bertz CT molecular complexity index is 885. The van der Waals surface area contributed by atoms with Crippen molar-refractivity contribution in [1.82, 2.24) is 15.5 Å². The van der Waals surface area contributed by atoms with Crippen molar-refractivity contribution in [2.45, 2.75) is 46.3 Å². The standard InChI is InChI=1S/C25H36N4O2/c1-7-26-24(28-18-21-12-8-9-14-22(21)31-25(2,3)4)27-16-15-19-11-10-13-20(17-19)23(30)29(5)6/h8-14,17H,7,15-16,18H2,1-6H3,(H2,26,27,28). The molecule has 31 heavy (non-hydrogen) atoms. The molecule has 0 atom stereocenters. The number of hydrogen-bond acceptors (Lipinski definition) is 3. The summed E-state index contributed by atoms with van der Waals surface area (Å²) in [5, 5.41) is 6.67. The number of hydrogen-bond donors (Lipinski definition) is 2. The van der Waals surface area contributed by atoms with Gasteiger partial charge in [0.05, 0.1) is 6.54 Å². The first-order valence-electron chi connectivity index (χ1n) is 10.8. The highest BCUT2D eigenvalue weighted by molar-refractivity contribution is 5.94. The Morgan fingerprint density at radius 2 is 1.81 bits per heavy atom. The molecule has 0 bridgehead atoms. The number of carbonyl (C=O) groups is 1. The second-order valence-electron chi connectivity index (χ2n) is 8.59. The highest BCUT2D eigenvalue weighted by atomic mass is 16.5. The van der Waals surface area contributed by atoms with Crippen molar-refractivity contribution in [3.05, 3.63) is 65.2 Å². The van der Waals surface area contributed by atoms with E-state index in [4.69, 9.17) is 9.73 Å². The lowest BCUT2D eigenvalue weighted by Crippen LogP contribution is -2.38. The first-order valence-corrected chi connectivity index (χ1v) is 10.8. The van der Waals surface area contributed by atoms with E-state index in [-0.39, 0.29) is 11.5 Å². The zero-order valence-electron chi connectivity index (χ0n) is 19.7. The Hall–Kier alpha value is -3.02. The number of aliphatic imine (C=N–C) groups is 1. The molecule has 0 saturated carbocycles. The highest BCUT2D eigenvalue weighted by Gasteiger charge is 2.14. The first kappa shape index (κ1) is 24.3. The number of rotatable bonds is 8. The lowest BCUT2D eigenvalue weighted by Gasteiger charge is -2.23. The minimum Gasteiger partial charge on any atom is -0.488 e. The second-order valence-corrected chi connectivity index (χ2v) is 8.59. The molecule has 2 rings (SSSR count). The Kier molecular flexibility index (Phi) is 8.91. The van der Waals surface area contributed by atoms with Crippen LogP contribution in [0.5, 0.6) is 5.75 Å². The van der Waals surface area contributed by atoms with E-state index in [1.54, 1.807) is 19.0 Å². The Labute approximate surface area is 186 Å². The third-order valence-corrected chi connectivity index (χ3v) is 4.43. The van der Waals surface area contributed by atoms with Crippen LogP contribution in [-0.4, -0.2) is 49.6 Å². The fourth-order valence-corrected chi connectivity index (χ4v) is 3.01. The monoisotopic (exact) mass is 424 g/mol. The molecule has 2 aromatic carbocycles. The minimum absolute atomic E-state index is 0.0147. The first-order chi connectivity index (χ1) is 14.7. The maximum absolute atomic E-state index is 12.2. The quantitative estimate of drug-likeness (QED) is 0.499. The Balaban J connectivity index is 2.01. The molecule has 0 aliphatic rings. The molecule has 2 N–H and O–H groups in total. The van der Waals surface area contributed by atoms with E-state index in [1.165, 1.54) is 0 Å². The molecular weight excluding hydrogens is 388 g/mol. The number of carbonyl (C=O) groups excluding carboxylic acids is 1. The predicted molar refractivity (Wildman–Crippen MR) is 128 cm³/mol. The van der Waals surface area contributed by atoms with Gasteiger partial charge in [-0.05, 0) is 57.9 Å². The van der Waals surface area contributed by atoms with Crippen LogP contribution in [0.25, 0.3) is 0 Å². The van der Waals surface area contributed by atoms with Crippen LogP contribution in [0.15, 0.2) is 53.5 Å². The predicted octanol–water partition coefficient (Wildman–Crippen LogP) is 3.86. The third-order valence-electron chi connectivity index (χ3n) is 4.43. The van der Waals surface area contributed by atoms with Crippen molar-refractivity contribution in [2.24, 2.45) is 4.99 Å². The van der Waals surface area contributed by atoms with Gasteiger partial charge >= 0.3 is 0 Å². The zero-order chi connectivity index (χ0) is 22.9. The van der Waals surface area contributed by atoms with Gasteiger partial charge < -0.3 is 20.3 Å². The van der Waals surface area contributed by atoms with Crippen LogP contribution in [-0.2, 0) is 13.0 Å². The molecule has 2 aromatic rings. The van der Waals surface area contributed by atoms with E-state index < -0.39 is 0 Å². The molecule has 0 aromatic heterocycles. The number of benzene rings is 2. The average molecular weight is 425 g/mol. The summed E-state index contributed by atoms with van der Waals surface area (Å²) in [5.74, 6) is 1.63. The van der Waals surface area contributed by atoms with Gasteiger partial charge in [0.15, 0.2) is 5.96 Å². The summed E-state index contributed by atoms with van der Waals surface area (Å²) in [4.78, 5) is 18.5. The molecule has 0 spiro atoms. The molecule has 6 heteroatoms. The van der Waals surface area contributed by atoms with Gasteiger partial charge in [-0.2, -0.15) is 0 Å². The molecule has 6 nitrogen and oxygen atoms in total. The van der Waals surface area contributed by atoms with Crippen LogP contribution in [0.2, 0.25) is 0 Å². The number of amides is 1. The summed E-state index contributed by atoms with van der Waals surface area (Å²) in [5.41, 5.74) is 2.61. The summed E-state index contributed by atoms with van der Waals surface area (Å²) in [7, 11) is 3.53. The summed E-state index contributed by atoms with van der Waals surface area (Å²) in [6.07, 6.45) is 0.794. The summed E-state index contributed by atoms with van der Waals surface area (Å²) in [6.45, 7) is 10.2. The Morgan fingerprint density at radius 3 is 2.48 bits per heavy atom. The number of ether oxygens (including phenoxy) is 1. The van der Waals surface area contributed by atoms with Gasteiger partial charge in [-0.25, -0.2) is 4.99 Å². The number of guanidine groups is 1. The van der Waals surface area contributed by atoms with Crippen LogP contribution >= 0.6 is 0 Å². The van der Waals surface area contributed by atoms with Gasteiger partial charge in [-0.1, -0.05) is 30.3 Å². The van der Waals surface area contributed by atoms with Crippen LogP contribution in [0.4, 0.5) is 0 Å². The van der Waals surface area contributed by atoms with Crippen molar-refractivity contribution in [2.75, 3.05) is 27.2 Å². The van der Waals surface area contributed by atoms with Crippen molar-refractivity contribution in [1.29, 1.82) is 0 Å². The van der Waals surface area contributed by atoms with Gasteiger partial charge in [0.2, 0.25) is 0 Å². The largest absolute Gasteiger partial charge is 0.488 e. The maximum Gasteiger partial charge on any atom is 0.253 e. The molecule has 0 aliphatic carbocycles. The smallest absolute Gasteiger partial charge is 0.253 e. The van der Waals surface area contributed by atoms with E-state index in [0.29, 0.717) is 18.7 Å². The van der Waals surface area contributed by atoms with Gasteiger partial charge in [0, 0.05) is 38.3 Å². The van der Waals surface area contributed by atoms with Gasteiger partial charge in [-0.15, -0.1) is 0 Å². The maximum atomic E-state index is 12.2. The molecule has 0 saturated heterocycles. The number of nitrogens with one attached hydrogen (secondary N) is 2. The van der Waals surface area contributed by atoms with E-state index in [1.807, 2.05) is 76.2 Å². The van der Waals surface area contributed by atoms with Crippen LogP contribution in [0.1, 0.15) is 49.2 Å². The van der Waals surface area contributed by atoms with Crippen molar-refractivity contribution in [3.8, 4) is 5.75 Å². The molecule has 0 radical (unpaired) electrons. The normalized spacial score (nSPS) is 11.7. The average Bonchev–Trinajstić information content (AvgIpc) is 2.71. The van der Waals surface area contributed by atoms with Gasteiger partial charge in [0.1, 0.15) is 11.4 Å². The van der Waals surface area contributed by atoms with E-state index in [9.17, 15) is 4.79 Å². The van der Waals surface area contributed by atoms with Crippen molar-refractivity contribution < 1.29 is 9.53 Å². The Morgan fingerprint density at radius 1 is 1.06 bits per heavy atom. The minimum atomic E-state index is -0.259. The van der Waals surface area contributed by atoms with E-state index in [2.05, 4.69) is 10.6 Å². The fraction of sp³-hybridized carbons (Fsp3) is 0.440. The molecule has 0 heterocycles. The number of nitrogens with zero attached hydrogens (tertiary/aromatic N) is 2. The number of para-hydroxylation sites is 1. The molecule has 0 aliphatic heterocycles. The second kappa shape index (κ2) is 11.4. The van der Waals surface area contributed by atoms with Crippen LogP contribution in [0, 0.1) is 0 Å². The molecule has 0 unspecified atom stereocenters. The molecule has 0 fully saturated rings. The van der Waals surface area contributed by atoms with E-state index >= 15 is 0 Å². The van der Waals surface area contributed by atoms with Crippen molar-refractivity contribution in [3.63, 3.8) is 0 Å². The van der Waals surface area contributed by atoms with Crippen LogP contribution in [0.3, 0.4) is 0 Å². The highest BCUT2D eigenvalue weighted by Crippen LogP contribution is 2.23. The summed E-state index contributed by atoms with van der Waals surface area (Å²) in [6, 6.07) is 15.8. The summed E-state index contributed by atoms with van der Waals surface area (Å²) < 4.78 is 6.07. The van der Waals surface area contributed by atoms with E-state index in [0.717, 1.165) is 35.8 Å². The van der Waals surface area contributed by atoms with Gasteiger partial charge in [-0.3, -0.25) is 4.79 Å². The zero-order valence-corrected chi connectivity index (χ0v) is 19.7.